The zero-order valence-electron chi connectivity index (χ0n) is 32.1. The van der Waals surface area contributed by atoms with Crippen LogP contribution in [0.1, 0.15) is 57.2 Å². The number of fused-ring (bicyclic) bond motifs is 5. The predicted molar refractivity (Wildman–Crippen MR) is 234 cm³/mol. The number of benzene rings is 6. The topological polar surface area (TPSA) is 8.17 Å². The Morgan fingerprint density at radius 3 is 2.07 bits per heavy atom. The van der Waals surface area contributed by atoms with Gasteiger partial charge in [-0.2, -0.15) is 0 Å². The normalized spacial score (nSPS) is 19.8. The lowest BCUT2D eigenvalue weighted by Gasteiger charge is -2.43. The molecule has 6 aromatic carbocycles. The Bertz CT molecular complexity index is 2740. The van der Waals surface area contributed by atoms with E-state index >= 15 is 0 Å². The molecule has 2 heteroatoms. The quantitative estimate of drug-likeness (QED) is 0.167. The standard InChI is InChI=1S/C53H46N2/c1-36-19-27-48-46(33-36)44-26-25-43(35-49(44)52(48,2)3)55(42-15-9-6-10-16-42)53(4)31-29-39(30-32-53)40-22-28-51-47(34-40)45-17-11-12-18-50(45)54(51)41-23-20-38(21-24-41)37-13-7-5-8-14-37/h5-31,34-36H,32-33H2,1-4H3. The van der Waals surface area contributed by atoms with Crippen LogP contribution in [-0.2, 0) is 5.41 Å². The lowest BCUT2D eigenvalue weighted by molar-refractivity contribution is 0.570. The lowest BCUT2D eigenvalue weighted by Crippen LogP contribution is -2.42. The third-order valence-corrected chi connectivity index (χ3v) is 12.5. The van der Waals surface area contributed by atoms with Crippen LogP contribution in [0.5, 0.6) is 0 Å². The molecular weight excluding hydrogens is 665 g/mol. The Labute approximate surface area is 325 Å². The molecule has 0 aliphatic heterocycles. The van der Waals surface area contributed by atoms with E-state index < -0.39 is 0 Å². The van der Waals surface area contributed by atoms with Crippen LogP contribution in [-0.4, -0.2) is 10.1 Å². The zero-order valence-corrected chi connectivity index (χ0v) is 32.1. The smallest absolute Gasteiger partial charge is 0.0643 e. The number of anilines is 2. The van der Waals surface area contributed by atoms with Gasteiger partial charge in [-0.25, -0.2) is 0 Å². The van der Waals surface area contributed by atoms with E-state index in [4.69, 9.17) is 0 Å². The van der Waals surface area contributed by atoms with E-state index in [9.17, 15) is 0 Å². The van der Waals surface area contributed by atoms with Crippen molar-refractivity contribution in [1.29, 1.82) is 0 Å². The molecule has 0 radical (unpaired) electrons. The van der Waals surface area contributed by atoms with Gasteiger partial charge in [0.25, 0.3) is 0 Å². The summed E-state index contributed by atoms with van der Waals surface area (Å²) in [4.78, 5) is 2.56. The highest BCUT2D eigenvalue weighted by molar-refractivity contribution is 6.10. The van der Waals surface area contributed by atoms with E-state index in [1.807, 2.05) is 0 Å². The van der Waals surface area contributed by atoms with Crippen molar-refractivity contribution in [3.05, 3.63) is 198 Å². The minimum atomic E-state index is -0.255. The molecule has 1 aromatic heterocycles. The van der Waals surface area contributed by atoms with Crippen molar-refractivity contribution in [3.63, 3.8) is 0 Å². The highest BCUT2D eigenvalue weighted by Crippen LogP contribution is 2.52. The molecule has 3 aliphatic rings. The third kappa shape index (κ3) is 5.46. The molecule has 2 atom stereocenters. The summed E-state index contributed by atoms with van der Waals surface area (Å²) < 4.78 is 2.41. The van der Waals surface area contributed by atoms with Crippen molar-refractivity contribution in [2.75, 3.05) is 4.90 Å². The Kier molecular flexibility index (Phi) is 7.75. The molecule has 0 saturated carbocycles. The summed E-state index contributed by atoms with van der Waals surface area (Å²) in [6.45, 7) is 9.52. The van der Waals surface area contributed by atoms with Crippen LogP contribution in [0.25, 0.3) is 49.8 Å². The molecule has 3 aliphatic carbocycles. The SMILES string of the molecule is CC1C=CC2=C(C1)c1ccc(N(c3ccccc3)C3(C)C=CC(c4ccc5c(c4)c4ccccc4n5-c4ccc(-c5ccccc5)cc4)=CC3)cc1C2(C)C. The van der Waals surface area contributed by atoms with Crippen LogP contribution < -0.4 is 4.90 Å². The highest BCUT2D eigenvalue weighted by atomic mass is 15.2. The summed E-state index contributed by atoms with van der Waals surface area (Å²) in [5.41, 5.74) is 16.6. The predicted octanol–water partition coefficient (Wildman–Crippen LogP) is 14.0. The second-order valence-electron chi connectivity index (χ2n) is 16.5. The van der Waals surface area contributed by atoms with E-state index in [1.54, 1.807) is 0 Å². The van der Waals surface area contributed by atoms with Gasteiger partial charge >= 0.3 is 0 Å². The first-order chi connectivity index (χ1) is 26.8. The molecule has 0 amide bonds. The van der Waals surface area contributed by atoms with Crippen molar-refractivity contribution < 1.29 is 0 Å². The van der Waals surface area contributed by atoms with Crippen LogP contribution in [0.4, 0.5) is 11.4 Å². The fourth-order valence-corrected chi connectivity index (χ4v) is 9.58. The first-order valence-electron chi connectivity index (χ1n) is 19.8. The Balaban J connectivity index is 0.998. The Morgan fingerprint density at radius 1 is 0.618 bits per heavy atom. The van der Waals surface area contributed by atoms with Gasteiger partial charge in [0.1, 0.15) is 0 Å². The van der Waals surface area contributed by atoms with Crippen LogP contribution >= 0.6 is 0 Å². The summed E-state index contributed by atoms with van der Waals surface area (Å²) in [5.74, 6) is 0.574. The van der Waals surface area contributed by atoms with E-state index in [0.717, 1.165) is 12.8 Å². The molecule has 10 rings (SSSR count). The molecule has 0 saturated heterocycles. The van der Waals surface area contributed by atoms with Crippen LogP contribution in [0.15, 0.2) is 182 Å². The Morgan fingerprint density at radius 2 is 1.31 bits per heavy atom. The number of nitrogens with zero attached hydrogens (tertiary/aromatic N) is 2. The van der Waals surface area contributed by atoms with Crippen LogP contribution in [0, 0.1) is 5.92 Å². The molecular formula is C53H46N2. The van der Waals surface area contributed by atoms with Gasteiger partial charge < -0.3 is 9.47 Å². The van der Waals surface area contributed by atoms with E-state index in [0.29, 0.717) is 5.92 Å². The number of para-hydroxylation sites is 2. The average Bonchev–Trinajstić information content (AvgIpc) is 3.66. The summed E-state index contributed by atoms with van der Waals surface area (Å²) in [7, 11) is 0. The van der Waals surface area contributed by atoms with Gasteiger partial charge in [-0.1, -0.05) is 142 Å². The minimum absolute atomic E-state index is 0.0244. The molecule has 0 bridgehead atoms. The van der Waals surface area contributed by atoms with Crippen molar-refractivity contribution in [3.8, 4) is 16.8 Å². The molecule has 268 valence electrons. The van der Waals surface area contributed by atoms with Gasteiger partial charge in [0.2, 0.25) is 0 Å². The van der Waals surface area contributed by atoms with E-state index in [-0.39, 0.29) is 11.0 Å². The van der Waals surface area contributed by atoms with Crippen molar-refractivity contribution in [1.82, 2.24) is 4.57 Å². The number of hydrogen-bond acceptors (Lipinski definition) is 1. The fourth-order valence-electron chi connectivity index (χ4n) is 9.58. The highest BCUT2D eigenvalue weighted by Gasteiger charge is 2.40. The van der Waals surface area contributed by atoms with Gasteiger partial charge in [0, 0.05) is 33.2 Å². The monoisotopic (exact) mass is 710 g/mol. The Hall–Kier alpha value is -6.12. The fraction of sp³-hybridized carbons (Fsp3) is 0.170. The van der Waals surface area contributed by atoms with Gasteiger partial charge in [-0.15, -0.1) is 0 Å². The van der Waals surface area contributed by atoms with Gasteiger partial charge in [-0.05, 0) is 125 Å². The molecule has 1 heterocycles. The largest absolute Gasteiger partial charge is 0.332 e. The van der Waals surface area contributed by atoms with Crippen LogP contribution in [0.3, 0.4) is 0 Å². The van der Waals surface area contributed by atoms with Gasteiger partial charge in [0.05, 0.1) is 16.6 Å². The van der Waals surface area contributed by atoms with Gasteiger partial charge in [0.15, 0.2) is 0 Å². The van der Waals surface area contributed by atoms with Gasteiger partial charge in [-0.3, -0.25) is 0 Å². The molecule has 0 spiro atoms. The third-order valence-electron chi connectivity index (χ3n) is 12.5. The van der Waals surface area contributed by atoms with Crippen molar-refractivity contribution >= 4 is 44.3 Å². The number of aromatic nitrogens is 1. The molecule has 2 unspecified atom stereocenters. The van der Waals surface area contributed by atoms with E-state index in [2.05, 4.69) is 213 Å². The summed E-state index contributed by atoms with van der Waals surface area (Å²) in [5, 5.41) is 2.54. The first-order valence-corrected chi connectivity index (χ1v) is 19.8. The number of rotatable bonds is 6. The zero-order chi connectivity index (χ0) is 37.3. The lowest BCUT2D eigenvalue weighted by atomic mass is 9.79. The molecule has 0 fully saturated rings. The maximum absolute atomic E-state index is 2.56. The maximum Gasteiger partial charge on any atom is 0.0643 e. The first kappa shape index (κ1) is 33.4. The summed E-state index contributed by atoms with van der Waals surface area (Å²) >= 11 is 0. The van der Waals surface area contributed by atoms with Crippen molar-refractivity contribution in [2.24, 2.45) is 5.92 Å². The average molecular weight is 711 g/mol. The second kappa shape index (κ2) is 12.7. The van der Waals surface area contributed by atoms with E-state index in [1.165, 1.54) is 83.4 Å². The van der Waals surface area contributed by atoms with Crippen molar-refractivity contribution in [2.45, 2.75) is 51.5 Å². The second-order valence-corrected chi connectivity index (χ2v) is 16.5. The van der Waals surface area contributed by atoms with Crippen LogP contribution in [0.2, 0.25) is 0 Å². The summed E-state index contributed by atoms with van der Waals surface area (Å²) in [6, 6.07) is 53.6. The molecule has 0 N–H and O–H groups in total. The maximum atomic E-state index is 2.56. The minimum Gasteiger partial charge on any atom is -0.332 e. The molecule has 7 aromatic rings. The molecule has 55 heavy (non-hydrogen) atoms. The summed E-state index contributed by atoms with van der Waals surface area (Å²) in [6.07, 6.45) is 14.0. The molecule has 2 nitrogen and oxygen atoms in total. The number of allylic oxidation sites excluding steroid dienone is 6. The number of hydrogen-bond donors (Lipinski definition) is 0.